The van der Waals surface area contributed by atoms with Gasteiger partial charge in [0.15, 0.2) is 11.6 Å². The Kier molecular flexibility index (Phi) is 12.8. The molecule has 102 heavy (non-hydrogen) atoms. The van der Waals surface area contributed by atoms with Crippen molar-refractivity contribution >= 4 is 131 Å². The lowest BCUT2D eigenvalue weighted by molar-refractivity contribution is 0.668. The van der Waals surface area contributed by atoms with Gasteiger partial charge in [0.25, 0.3) is 0 Å². The van der Waals surface area contributed by atoms with Gasteiger partial charge in [-0.25, -0.2) is 19.9 Å². The quantitative estimate of drug-likeness (QED) is 0.150. The summed E-state index contributed by atoms with van der Waals surface area (Å²) in [5.74, 6) is 2.90. The van der Waals surface area contributed by atoms with Gasteiger partial charge in [-0.2, -0.15) is 0 Å². The third-order valence-electron chi connectivity index (χ3n) is 20.3. The minimum absolute atomic E-state index is 0.644. The van der Waals surface area contributed by atoms with Crippen LogP contribution >= 0.6 is 0 Å². The number of rotatable bonds is 8. The molecule has 0 aliphatic heterocycles. The molecule has 0 unspecified atom stereocenters. The zero-order valence-electron chi connectivity index (χ0n) is 54.7. The molecule has 0 fully saturated rings. The van der Waals surface area contributed by atoms with Crippen molar-refractivity contribution in [2.75, 3.05) is 0 Å². The zero-order valence-corrected chi connectivity index (χ0v) is 54.7. The lowest BCUT2D eigenvalue weighted by atomic mass is 10.1. The van der Waals surface area contributed by atoms with Crippen molar-refractivity contribution in [3.63, 3.8) is 0 Å². The highest BCUT2D eigenvalue weighted by Gasteiger charge is 2.27. The van der Waals surface area contributed by atoms with Gasteiger partial charge in [-0.15, -0.1) is 0 Å². The van der Waals surface area contributed by atoms with Crippen LogP contribution in [-0.2, 0) is 0 Å². The van der Waals surface area contributed by atoms with Crippen LogP contribution in [0.3, 0.4) is 0 Å². The third-order valence-corrected chi connectivity index (χ3v) is 20.3. The van der Waals surface area contributed by atoms with E-state index in [2.05, 4.69) is 297 Å². The normalized spacial score (nSPS) is 11.9. The van der Waals surface area contributed by atoms with E-state index in [0.29, 0.717) is 11.6 Å². The summed E-state index contributed by atoms with van der Waals surface area (Å²) in [6.45, 7) is 0. The van der Waals surface area contributed by atoms with E-state index in [0.717, 1.165) is 145 Å². The Morgan fingerprint density at radius 3 is 1.08 bits per heavy atom. The molecule has 0 aliphatic rings. The number of benzene rings is 14. The van der Waals surface area contributed by atoms with Crippen LogP contribution in [0.1, 0.15) is 0 Å². The van der Waals surface area contributed by atoms with Crippen molar-refractivity contribution in [2.45, 2.75) is 0 Å². The highest BCUT2D eigenvalue weighted by atomic mass is 16.3. The van der Waals surface area contributed by atoms with Gasteiger partial charge in [-0.3, -0.25) is 9.13 Å². The fraction of sp³-hybridized carbons (Fsp3) is 0. The van der Waals surface area contributed by atoms with Crippen LogP contribution in [0.2, 0.25) is 0 Å². The minimum atomic E-state index is 0.644. The molecule has 0 bridgehead atoms. The number of hydrogen-bond donors (Lipinski definition) is 0. The first-order valence-corrected chi connectivity index (χ1v) is 34.4. The molecule has 0 amide bonds. The summed E-state index contributed by atoms with van der Waals surface area (Å²) in [5, 5.41) is 13.7. The van der Waals surface area contributed by atoms with Crippen molar-refractivity contribution in [1.29, 1.82) is 0 Å². The zero-order chi connectivity index (χ0) is 66.9. The molecule has 0 spiro atoms. The fourth-order valence-electron chi connectivity index (χ4n) is 15.9. The Morgan fingerprint density at radius 1 is 0.216 bits per heavy atom. The molecule has 0 saturated heterocycles. The predicted molar refractivity (Wildman–Crippen MR) is 418 cm³/mol. The van der Waals surface area contributed by atoms with Gasteiger partial charge in [-0.1, -0.05) is 243 Å². The molecular formula is C92H56N8O2. The third kappa shape index (κ3) is 8.86. The minimum Gasteiger partial charge on any atom is -0.456 e. The van der Waals surface area contributed by atoms with E-state index in [9.17, 15) is 0 Å². The van der Waals surface area contributed by atoms with E-state index in [-0.39, 0.29) is 0 Å². The topological polar surface area (TPSA) is 97.6 Å². The smallest absolute Gasteiger partial charge is 0.162 e. The predicted octanol–water partition coefficient (Wildman–Crippen LogP) is 23.8. The maximum atomic E-state index is 6.32. The second kappa shape index (κ2) is 22.8. The number of nitrogens with zero attached hydrogens (tertiary/aromatic N) is 8. The van der Waals surface area contributed by atoms with E-state index in [1.165, 1.54) is 43.1 Å². The monoisotopic (exact) mass is 1300 g/mol. The lowest BCUT2D eigenvalue weighted by Crippen LogP contribution is -2.04. The number of fused-ring (bicyclic) bond motifs is 20. The molecule has 8 aromatic heterocycles. The second-order valence-corrected chi connectivity index (χ2v) is 26.0. The van der Waals surface area contributed by atoms with Gasteiger partial charge in [0.05, 0.1) is 55.5 Å². The molecule has 10 nitrogen and oxygen atoms in total. The summed E-state index contributed by atoms with van der Waals surface area (Å²) in [7, 11) is 0. The van der Waals surface area contributed by atoms with Crippen LogP contribution in [0.25, 0.3) is 199 Å². The van der Waals surface area contributed by atoms with Crippen LogP contribution in [-0.4, -0.2) is 38.2 Å². The molecule has 476 valence electrons. The fourth-order valence-corrected chi connectivity index (χ4v) is 15.9. The Labute approximate surface area is 582 Å². The van der Waals surface area contributed by atoms with E-state index >= 15 is 0 Å². The number of furan rings is 2. The van der Waals surface area contributed by atoms with Crippen molar-refractivity contribution < 1.29 is 8.83 Å². The van der Waals surface area contributed by atoms with Gasteiger partial charge in [0.1, 0.15) is 34.0 Å². The van der Waals surface area contributed by atoms with Crippen molar-refractivity contribution in [3.05, 3.63) is 340 Å². The molecular weight excluding hydrogens is 1250 g/mol. The lowest BCUT2D eigenvalue weighted by Gasteiger charge is -2.14. The average Bonchev–Trinajstić information content (AvgIpc) is 1.55. The van der Waals surface area contributed by atoms with Crippen LogP contribution in [0, 0.1) is 0 Å². The van der Waals surface area contributed by atoms with Crippen LogP contribution in [0.4, 0.5) is 0 Å². The number of aromatic nitrogens is 8. The maximum Gasteiger partial charge on any atom is 0.162 e. The molecule has 22 rings (SSSR count). The van der Waals surface area contributed by atoms with Gasteiger partial charge < -0.3 is 18.0 Å². The molecule has 0 N–H and O–H groups in total. The van der Waals surface area contributed by atoms with Crippen LogP contribution in [0.15, 0.2) is 349 Å². The molecule has 8 heterocycles. The van der Waals surface area contributed by atoms with Gasteiger partial charge in [0.2, 0.25) is 0 Å². The summed E-state index contributed by atoms with van der Waals surface area (Å²) >= 11 is 0. The largest absolute Gasteiger partial charge is 0.456 e. The SMILES string of the molecule is c1ccc(-c2cc(-n3c4ccccc4c4ccc5c6ccccc6n(-c6ccccc6)c5c43)nc(-c3ccc4oc5ccccc5c4c3)n2)cc1.c1ccc(-c2cc(-n3c4ccccc4c4ccc5c6ccccc6n(-c6ccccc6)c5c43)nc(-c3cccc4oc5ccccc5c34)n2)cc1. The highest BCUT2D eigenvalue weighted by molar-refractivity contribution is 6.25. The van der Waals surface area contributed by atoms with E-state index in [1.807, 2.05) is 60.7 Å². The molecule has 0 saturated carbocycles. The van der Waals surface area contributed by atoms with Crippen molar-refractivity contribution in [1.82, 2.24) is 38.2 Å². The first-order chi connectivity index (χ1) is 50.6. The Bertz CT molecular complexity index is 7120. The number of para-hydroxylation sites is 8. The maximum absolute atomic E-state index is 6.32. The summed E-state index contributed by atoms with van der Waals surface area (Å²) in [6.07, 6.45) is 0. The standard InChI is InChI=1S/2C46H28N4O/c1-3-14-29(15-4-1)37-28-42(48-46(47-37)36-21-13-25-41-43(36)35-20-9-12-24-40(35)51-41)50-39-23-11-8-19-32(39)34-27-26-33-31-18-7-10-22-38(31)49(44(33)45(34)50)30-16-5-2-6-17-30;1-3-13-29(14-4-1)38-28-43(48-46(47-38)30-23-26-42-37(27-30)34-19-9-12-22-41(34)51-42)50-40-21-11-8-18-33(40)36-25-24-35-32-17-7-10-20-39(32)49(44(35)45(36)50)31-15-5-2-6-16-31/h2*1-28H. The molecule has 22 aromatic rings. The van der Waals surface area contributed by atoms with Crippen molar-refractivity contribution in [3.8, 4) is 68.3 Å². The summed E-state index contributed by atoms with van der Waals surface area (Å²) in [5.41, 5.74) is 20.2. The molecule has 0 radical (unpaired) electrons. The van der Waals surface area contributed by atoms with Gasteiger partial charge >= 0.3 is 0 Å². The molecule has 0 atom stereocenters. The van der Waals surface area contributed by atoms with Crippen LogP contribution in [0.5, 0.6) is 0 Å². The summed E-state index contributed by atoms with van der Waals surface area (Å²) in [6, 6.07) is 119. The van der Waals surface area contributed by atoms with E-state index in [1.54, 1.807) is 0 Å². The van der Waals surface area contributed by atoms with E-state index in [4.69, 9.17) is 28.8 Å². The summed E-state index contributed by atoms with van der Waals surface area (Å²) in [4.78, 5) is 21.4. The van der Waals surface area contributed by atoms with Crippen LogP contribution < -0.4 is 0 Å². The van der Waals surface area contributed by atoms with E-state index < -0.39 is 0 Å². The Hall–Kier alpha value is -14.0. The Morgan fingerprint density at radius 2 is 0.578 bits per heavy atom. The van der Waals surface area contributed by atoms with Crippen molar-refractivity contribution in [2.24, 2.45) is 0 Å². The second-order valence-electron chi connectivity index (χ2n) is 26.0. The first-order valence-electron chi connectivity index (χ1n) is 34.4. The summed E-state index contributed by atoms with van der Waals surface area (Å²) < 4.78 is 22.0. The molecule has 0 aliphatic carbocycles. The average molecular weight is 1310 g/mol. The van der Waals surface area contributed by atoms with Gasteiger partial charge in [-0.05, 0) is 84.9 Å². The van der Waals surface area contributed by atoms with Gasteiger partial charge in [0, 0.05) is 110 Å². The number of hydrogen-bond acceptors (Lipinski definition) is 6. The Balaban J connectivity index is 0.000000133. The first kappa shape index (κ1) is 57.1. The molecule has 10 heteroatoms. The molecule has 14 aromatic carbocycles. The highest BCUT2D eigenvalue weighted by Crippen LogP contribution is 2.46.